The molecule has 2 aromatic carbocycles. The second kappa shape index (κ2) is 10.1. The Morgan fingerprint density at radius 1 is 1.15 bits per heavy atom. The third-order valence-corrected chi connectivity index (χ3v) is 6.59. The van der Waals surface area contributed by atoms with Crippen molar-refractivity contribution in [2.24, 2.45) is 0 Å². The van der Waals surface area contributed by atoms with Gasteiger partial charge in [-0.3, -0.25) is 4.79 Å². The van der Waals surface area contributed by atoms with E-state index in [1.165, 1.54) is 6.92 Å². The molecule has 1 saturated heterocycles. The molecule has 2 bridgehead atoms. The summed E-state index contributed by atoms with van der Waals surface area (Å²) in [4.78, 5) is 25.6. The van der Waals surface area contributed by atoms with Crippen molar-refractivity contribution in [2.75, 3.05) is 19.7 Å². The molecule has 2 N–H and O–H groups in total. The van der Waals surface area contributed by atoms with E-state index in [0.29, 0.717) is 37.9 Å². The molecule has 9 heteroatoms. The maximum Gasteiger partial charge on any atom is 0.333 e. The van der Waals surface area contributed by atoms with Gasteiger partial charge in [-0.25, -0.2) is 13.6 Å². The minimum Gasteiger partial charge on any atom is -0.489 e. The van der Waals surface area contributed by atoms with Gasteiger partial charge in [-0.15, -0.1) is 0 Å². The molecule has 2 aromatic rings. The molecule has 2 aliphatic heterocycles. The molecule has 2 atom stereocenters. The molecule has 2 unspecified atom stereocenters. The fraction of sp³-hybridized carbons (Fsp3) is 0.360. The lowest BCUT2D eigenvalue weighted by atomic mass is 9.83. The van der Waals surface area contributed by atoms with Crippen molar-refractivity contribution in [3.8, 4) is 5.75 Å². The van der Waals surface area contributed by atoms with E-state index >= 15 is 0 Å². The number of rotatable bonds is 7. The predicted octanol–water partition coefficient (Wildman–Crippen LogP) is 4.06. The highest BCUT2D eigenvalue weighted by Crippen LogP contribution is 2.34. The zero-order chi connectivity index (χ0) is 24.4. The van der Waals surface area contributed by atoms with Crippen LogP contribution in [0.5, 0.6) is 5.75 Å². The summed E-state index contributed by atoms with van der Waals surface area (Å²) < 4.78 is 32.6. The third kappa shape index (κ3) is 5.08. The Labute approximate surface area is 201 Å². The maximum atomic E-state index is 13.8. The van der Waals surface area contributed by atoms with Gasteiger partial charge < -0.3 is 20.1 Å². The molecule has 0 aliphatic carbocycles. The molecule has 0 radical (unpaired) electrons. The molecule has 180 valence electrons. The fourth-order valence-corrected chi connectivity index (χ4v) is 4.80. The highest BCUT2D eigenvalue weighted by atomic mass is 35.5. The van der Waals surface area contributed by atoms with E-state index < -0.39 is 23.6 Å². The van der Waals surface area contributed by atoms with Crippen molar-refractivity contribution in [3.05, 3.63) is 69.8 Å². The van der Waals surface area contributed by atoms with Crippen molar-refractivity contribution in [1.82, 2.24) is 10.2 Å². The van der Waals surface area contributed by atoms with Crippen molar-refractivity contribution in [1.29, 1.82) is 0 Å². The van der Waals surface area contributed by atoms with Crippen LogP contribution in [0.3, 0.4) is 0 Å². The summed E-state index contributed by atoms with van der Waals surface area (Å²) in [7, 11) is 0. The molecule has 4 rings (SSSR count). The lowest BCUT2D eigenvalue weighted by Gasteiger charge is -2.43. The van der Waals surface area contributed by atoms with Gasteiger partial charge in [-0.05, 0) is 48.1 Å². The number of halogens is 3. The number of aryl methyl sites for hydroxylation is 1. The van der Waals surface area contributed by atoms with Crippen molar-refractivity contribution < 1.29 is 28.2 Å². The lowest BCUT2D eigenvalue weighted by molar-refractivity contribution is -0.135. The Kier molecular flexibility index (Phi) is 7.19. The number of carboxylic acid groups (broad SMARTS) is 1. The SMILES string of the molecule is CC(=O)N1CC2CC(c3ccc(CCCOc4c(F)ccc(F)c4Cl)cc3)=C(C(=O)O)C(C1)N2. The van der Waals surface area contributed by atoms with Gasteiger partial charge in [0.2, 0.25) is 5.91 Å². The number of hydrogen-bond acceptors (Lipinski definition) is 4. The van der Waals surface area contributed by atoms with Crippen LogP contribution < -0.4 is 10.1 Å². The van der Waals surface area contributed by atoms with E-state index in [2.05, 4.69) is 5.32 Å². The van der Waals surface area contributed by atoms with Crippen LogP contribution in [0.4, 0.5) is 8.78 Å². The zero-order valence-electron chi connectivity index (χ0n) is 18.6. The molecular formula is C25H25ClF2N2O4. The summed E-state index contributed by atoms with van der Waals surface area (Å²) >= 11 is 5.77. The molecule has 0 spiro atoms. The number of ether oxygens (including phenoxy) is 1. The Morgan fingerprint density at radius 3 is 2.53 bits per heavy atom. The average Bonchev–Trinajstić information content (AvgIpc) is 2.80. The van der Waals surface area contributed by atoms with Crippen LogP contribution in [0, 0.1) is 11.6 Å². The quantitative estimate of drug-likeness (QED) is 0.452. The third-order valence-electron chi connectivity index (χ3n) is 6.24. The molecule has 6 nitrogen and oxygen atoms in total. The molecular weight excluding hydrogens is 466 g/mol. The van der Waals surface area contributed by atoms with E-state index in [1.54, 1.807) is 4.90 Å². The summed E-state index contributed by atoms with van der Waals surface area (Å²) in [5.41, 5.74) is 2.94. The minimum absolute atomic E-state index is 0.00705. The number of carbonyl (C=O) groups is 2. The molecule has 2 aliphatic rings. The van der Waals surface area contributed by atoms with Gasteiger partial charge in [0.1, 0.15) is 10.8 Å². The van der Waals surface area contributed by atoms with E-state index in [4.69, 9.17) is 16.3 Å². The normalized spacial score (nSPS) is 19.8. The van der Waals surface area contributed by atoms with Gasteiger partial charge in [-0.2, -0.15) is 0 Å². The van der Waals surface area contributed by atoms with Crippen LogP contribution in [0.15, 0.2) is 42.0 Å². The smallest absolute Gasteiger partial charge is 0.333 e. The van der Waals surface area contributed by atoms with Crippen LogP contribution >= 0.6 is 11.6 Å². The van der Waals surface area contributed by atoms with Gasteiger partial charge in [0.25, 0.3) is 0 Å². The molecule has 0 saturated carbocycles. The number of fused-ring (bicyclic) bond motifs is 2. The first-order valence-corrected chi connectivity index (χ1v) is 11.5. The summed E-state index contributed by atoms with van der Waals surface area (Å²) in [6.07, 6.45) is 1.72. The Morgan fingerprint density at radius 2 is 1.85 bits per heavy atom. The predicted molar refractivity (Wildman–Crippen MR) is 124 cm³/mol. The van der Waals surface area contributed by atoms with E-state index in [-0.39, 0.29) is 29.3 Å². The Bertz CT molecular complexity index is 1140. The largest absolute Gasteiger partial charge is 0.489 e. The number of benzene rings is 2. The molecule has 1 amide bonds. The van der Waals surface area contributed by atoms with E-state index in [9.17, 15) is 23.5 Å². The number of carbonyl (C=O) groups excluding carboxylic acids is 1. The number of hydrogen-bond donors (Lipinski definition) is 2. The van der Waals surface area contributed by atoms with Crippen molar-refractivity contribution in [2.45, 2.75) is 38.3 Å². The van der Waals surface area contributed by atoms with Crippen LogP contribution in [0.2, 0.25) is 5.02 Å². The molecule has 34 heavy (non-hydrogen) atoms. The monoisotopic (exact) mass is 490 g/mol. The van der Waals surface area contributed by atoms with Crippen molar-refractivity contribution in [3.63, 3.8) is 0 Å². The maximum absolute atomic E-state index is 13.8. The standard InChI is InChI=1S/C25H25ClF2N2O4/c1-14(31)30-12-17-11-18(22(25(32)33)21(13-30)29-17)16-6-4-15(5-7-16)3-2-10-34-24-20(28)9-8-19(27)23(24)26/h4-9,17,21,29H,2-3,10-13H2,1H3,(H,32,33). The number of nitrogens with one attached hydrogen (secondary N) is 1. The second-order valence-corrected chi connectivity index (χ2v) is 8.94. The van der Waals surface area contributed by atoms with Crippen LogP contribution in [-0.4, -0.2) is 53.7 Å². The van der Waals surface area contributed by atoms with Crippen LogP contribution in [0.25, 0.3) is 5.57 Å². The summed E-state index contributed by atoms with van der Waals surface area (Å²) in [5.74, 6) is -2.78. The Balaban J connectivity index is 1.42. The highest BCUT2D eigenvalue weighted by Gasteiger charge is 2.39. The number of carboxylic acids is 1. The summed E-state index contributed by atoms with van der Waals surface area (Å²) in [6.45, 7) is 2.55. The highest BCUT2D eigenvalue weighted by molar-refractivity contribution is 6.32. The van der Waals surface area contributed by atoms with Crippen molar-refractivity contribution >= 4 is 29.1 Å². The van der Waals surface area contributed by atoms with Crippen LogP contribution in [-0.2, 0) is 16.0 Å². The average molecular weight is 491 g/mol. The molecule has 1 fully saturated rings. The van der Waals surface area contributed by atoms with Gasteiger partial charge in [0, 0.05) is 26.1 Å². The molecule has 2 heterocycles. The minimum atomic E-state index is -0.985. The van der Waals surface area contributed by atoms with E-state index in [0.717, 1.165) is 28.8 Å². The summed E-state index contributed by atoms with van der Waals surface area (Å²) in [6, 6.07) is 9.19. The first-order valence-electron chi connectivity index (χ1n) is 11.1. The zero-order valence-corrected chi connectivity index (χ0v) is 19.4. The molecule has 0 aromatic heterocycles. The number of piperazine rings is 1. The topological polar surface area (TPSA) is 78.9 Å². The number of aliphatic carboxylic acids is 1. The fourth-order valence-electron chi connectivity index (χ4n) is 4.59. The Hall–Kier alpha value is -2.97. The second-order valence-electron chi connectivity index (χ2n) is 8.56. The van der Waals surface area contributed by atoms with Gasteiger partial charge in [0.15, 0.2) is 11.6 Å². The first-order chi connectivity index (χ1) is 16.2. The number of nitrogens with zero attached hydrogens (tertiary/aromatic N) is 1. The first kappa shape index (κ1) is 24.2. The van der Waals surface area contributed by atoms with Crippen LogP contribution in [0.1, 0.15) is 30.9 Å². The summed E-state index contributed by atoms with van der Waals surface area (Å²) in [5, 5.41) is 12.8. The lowest BCUT2D eigenvalue weighted by Crippen LogP contribution is -2.61. The van der Waals surface area contributed by atoms with Gasteiger partial charge >= 0.3 is 5.97 Å². The van der Waals surface area contributed by atoms with E-state index in [1.807, 2.05) is 24.3 Å². The number of amides is 1. The van der Waals surface area contributed by atoms with Gasteiger partial charge in [-0.1, -0.05) is 35.9 Å². The van der Waals surface area contributed by atoms with Gasteiger partial charge in [0.05, 0.1) is 18.2 Å².